The van der Waals surface area contributed by atoms with Crippen LogP contribution in [0.2, 0.25) is 0 Å². The van der Waals surface area contributed by atoms with E-state index in [4.69, 9.17) is 5.26 Å². The molecule has 0 aliphatic rings. The molecule has 2 aromatic rings. The second-order valence-corrected chi connectivity index (χ2v) is 4.32. The highest BCUT2D eigenvalue weighted by Crippen LogP contribution is 2.04. The average Bonchev–Trinajstić information content (AvgIpc) is 2.89. The lowest BCUT2D eigenvalue weighted by Gasteiger charge is -2.14. The van der Waals surface area contributed by atoms with Crippen molar-refractivity contribution >= 4 is 0 Å². The Morgan fingerprint density at radius 1 is 1.44 bits per heavy atom. The largest absolute Gasteiger partial charge is 0.308 e. The smallest absolute Gasteiger partial charge is 0.0991 e. The summed E-state index contributed by atoms with van der Waals surface area (Å²) in [5.74, 6) is 0. The van der Waals surface area contributed by atoms with Crippen LogP contribution in [0.1, 0.15) is 18.1 Å². The summed E-state index contributed by atoms with van der Waals surface area (Å²) in [5, 5.41) is 16.4. The van der Waals surface area contributed by atoms with Gasteiger partial charge in [0.1, 0.15) is 0 Å². The standard InChI is InChI=1S/C14H16N4/c1-12(11-18-7-3-6-17-18)16-10-14-5-2-4-13(8-14)9-15/h2-8,12,16H,10-11H2,1H3/t12-/m0/s1. The second kappa shape index (κ2) is 5.99. The number of benzene rings is 1. The monoisotopic (exact) mass is 240 g/mol. The van der Waals surface area contributed by atoms with Crippen molar-refractivity contribution < 1.29 is 0 Å². The predicted molar refractivity (Wildman–Crippen MR) is 69.7 cm³/mol. The van der Waals surface area contributed by atoms with Gasteiger partial charge in [0.25, 0.3) is 0 Å². The van der Waals surface area contributed by atoms with Crippen LogP contribution < -0.4 is 5.32 Å². The summed E-state index contributed by atoms with van der Waals surface area (Å²) in [6, 6.07) is 12.1. The molecular formula is C14H16N4. The molecule has 0 saturated carbocycles. The Balaban J connectivity index is 1.85. The lowest BCUT2D eigenvalue weighted by molar-refractivity contribution is 0.451. The van der Waals surface area contributed by atoms with Gasteiger partial charge in [-0.25, -0.2) is 0 Å². The van der Waals surface area contributed by atoms with Crippen LogP contribution in [0, 0.1) is 11.3 Å². The molecule has 0 saturated heterocycles. The van der Waals surface area contributed by atoms with Crippen LogP contribution in [0.25, 0.3) is 0 Å². The molecule has 0 fully saturated rings. The summed E-state index contributed by atoms with van der Waals surface area (Å²) >= 11 is 0. The number of nitrogens with one attached hydrogen (secondary N) is 1. The molecule has 1 atom stereocenters. The van der Waals surface area contributed by atoms with Crippen LogP contribution in [0.4, 0.5) is 0 Å². The normalized spacial score (nSPS) is 12.0. The van der Waals surface area contributed by atoms with Crippen molar-refractivity contribution in [3.05, 3.63) is 53.9 Å². The molecule has 0 amide bonds. The quantitative estimate of drug-likeness (QED) is 0.868. The van der Waals surface area contributed by atoms with Gasteiger partial charge in [-0.15, -0.1) is 0 Å². The Kier molecular flexibility index (Phi) is 4.11. The van der Waals surface area contributed by atoms with E-state index in [1.165, 1.54) is 0 Å². The van der Waals surface area contributed by atoms with Crippen LogP contribution in [-0.2, 0) is 13.1 Å². The lowest BCUT2D eigenvalue weighted by Crippen LogP contribution is -2.30. The number of rotatable bonds is 5. The van der Waals surface area contributed by atoms with Gasteiger partial charge < -0.3 is 5.32 Å². The van der Waals surface area contributed by atoms with Gasteiger partial charge in [-0.05, 0) is 30.7 Å². The zero-order valence-electron chi connectivity index (χ0n) is 10.4. The molecule has 1 heterocycles. The van der Waals surface area contributed by atoms with Gasteiger partial charge in [0.05, 0.1) is 18.2 Å². The maximum atomic E-state index is 8.83. The molecular weight excluding hydrogens is 224 g/mol. The third-order valence-corrected chi connectivity index (χ3v) is 2.73. The van der Waals surface area contributed by atoms with Crippen LogP contribution in [0.15, 0.2) is 42.7 Å². The first kappa shape index (κ1) is 12.3. The summed E-state index contributed by atoms with van der Waals surface area (Å²) in [4.78, 5) is 0. The number of aromatic nitrogens is 2. The van der Waals surface area contributed by atoms with Gasteiger partial charge in [0.15, 0.2) is 0 Å². The fourth-order valence-corrected chi connectivity index (χ4v) is 1.80. The molecule has 2 rings (SSSR count). The molecule has 92 valence electrons. The summed E-state index contributed by atoms with van der Waals surface area (Å²) < 4.78 is 1.91. The molecule has 0 aliphatic heterocycles. The number of hydrogen-bond acceptors (Lipinski definition) is 3. The molecule has 1 aromatic carbocycles. The van der Waals surface area contributed by atoms with E-state index in [0.29, 0.717) is 11.6 Å². The molecule has 1 aromatic heterocycles. The van der Waals surface area contributed by atoms with Crippen molar-refractivity contribution in [3.63, 3.8) is 0 Å². The molecule has 1 N–H and O–H groups in total. The lowest BCUT2D eigenvalue weighted by atomic mass is 10.1. The zero-order chi connectivity index (χ0) is 12.8. The molecule has 0 spiro atoms. The number of hydrogen-bond donors (Lipinski definition) is 1. The molecule has 4 nitrogen and oxygen atoms in total. The molecule has 18 heavy (non-hydrogen) atoms. The number of nitriles is 1. The summed E-state index contributed by atoms with van der Waals surface area (Å²) in [6.45, 7) is 3.72. The van der Waals surface area contributed by atoms with Crippen LogP contribution in [0.3, 0.4) is 0 Å². The van der Waals surface area contributed by atoms with E-state index < -0.39 is 0 Å². The Bertz CT molecular complexity index is 525. The van der Waals surface area contributed by atoms with Crippen molar-refractivity contribution in [1.29, 1.82) is 5.26 Å². The van der Waals surface area contributed by atoms with Crippen molar-refractivity contribution in [1.82, 2.24) is 15.1 Å². The van der Waals surface area contributed by atoms with Gasteiger partial charge in [-0.2, -0.15) is 10.4 Å². The minimum absolute atomic E-state index is 0.329. The van der Waals surface area contributed by atoms with Gasteiger partial charge in [0, 0.05) is 25.0 Å². The van der Waals surface area contributed by atoms with E-state index in [2.05, 4.69) is 23.4 Å². The molecule has 0 aliphatic carbocycles. The topological polar surface area (TPSA) is 53.6 Å². The van der Waals surface area contributed by atoms with Gasteiger partial charge in [-0.1, -0.05) is 12.1 Å². The van der Waals surface area contributed by atoms with E-state index in [1.807, 2.05) is 41.2 Å². The van der Waals surface area contributed by atoms with E-state index in [0.717, 1.165) is 18.7 Å². The van der Waals surface area contributed by atoms with Gasteiger partial charge in [0.2, 0.25) is 0 Å². The van der Waals surface area contributed by atoms with Crippen LogP contribution >= 0.6 is 0 Å². The molecule has 4 heteroatoms. The maximum Gasteiger partial charge on any atom is 0.0991 e. The third kappa shape index (κ3) is 3.44. The average molecular weight is 240 g/mol. The maximum absolute atomic E-state index is 8.83. The van der Waals surface area contributed by atoms with Gasteiger partial charge >= 0.3 is 0 Å². The van der Waals surface area contributed by atoms with Crippen molar-refractivity contribution in [2.75, 3.05) is 0 Å². The second-order valence-electron chi connectivity index (χ2n) is 4.32. The molecule has 0 radical (unpaired) electrons. The highest BCUT2D eigenvalue weighted by atomic mass is 15.3. The van der Waals surface area contributed by atoms with Crippen molar-refractivity contribution in [3.8, 4) is 6.07 Å². The van der Waals surface area contributed by atoms with E-state index in [1.54, 1.807) is 6.20 Å². The van der Waals surface area contributed by atoms with Crippen molar-refractivity contribution in [2.24, 2.45) is 0 Å². The Labute approximate surface area is 107 Å². The van der Waals surface area contributed by atoms with E-state index >= 15 is 0 Å². The predicted octanol–water partition coefficient (Wildman–Crippen LogP) is 1.93. The molecule has 0 bridgehead atoms. The fourth-order valence-electron chi connectivity index (χ4n) is 1.80. The van der Waals surface area contributed by atoms with Gasteiger partial charge in [-0.3, -0.25) is 4.68 Å². The SMILES string of the molecule is C[C@@H](Cn1cccn1)NCc1cccc(C#N)c1. The zero-order valence-corrected chi connectivity index (χ0v) is 10.4. The third-order valence-electron chi connectivity index (χ3n) is 2.73. The first-order chi connectivity index (χ1) is 8.78. The Morgan fingerprint density at radius 3 is 3.06 bits per heavy atom. The fraction of sp³-hybridized carbons (Fsp3) is 0.286. The first-order valence-electron chi connectivity index (χ1n) is 5.98. The van der Waals surface area contributed by atoms with Crippen LogP contribution in [-0.4, -0.2) is 15.8 Å². The van der Waals surface area contributed by atoms with E-state index in [-0.39, 0.29) is 0 Å². The summed E-state index contributed by atoms with van der Waals surface area (Å²) in [5.41, 5.74) is 1.83. The minimum Gasteiger partial charge on any atom is -0.308 e. The van der Waals surface area contributed by atoms with Crippen LogP contribution in [0.5, 0.6) is 0 Å². The van der Waals surface area contributed by atoms with E-state index in [9.17, 15) is 0 Å². The highest BCUT2D eigenvalue weighted by molar-refractivity contribution is 5.32. The highest BCUT2D eigenvalue weighted by Gasteiger charge is 2.03. The Hall–Kier alpha value is -2.12. The Morgan fingerprint density at radius 2 is 2.33 bits per heavy atom. The number of nitrogens with zero attached hydrogens (tertiary/aromatic N) is 3. The molecule has 0 unspecified atom stereocenters. The van der Waals surface area contributed by atoms with Crippen molar-refractivity contribution in [2.45, 2.75) is 26.1 Å². The minimum atomic E-state index is 0.329. The summed E-state index contributed by atoms with van der Waals surface area (Å²) in [7, 11) is 0. The first-order valence-corrected chi connectivity index (χ1v) is 5.98. The summed E-state index contributed by atoms with van der Waals surface area (Å²) in [6.07, 6.45) is 3.73.